The molecule has 1 aromatic carbocycles. The molecular weight excluding hydrogens is 382 g/mol. The zero-order valence-corrected chi connectivity index (χ0v) is 15.8. The highest BCUT2D eigenvalue weighted by atomic mass is 32.2. The molecule has 0 radical (unpaired) electrons. The van der Waals surface area contributed by atoms with E-state index in [0.717, 1.165) is 11.5 Å². The highest BCUT2D eigenvalue weighted by Gasteiger charge is 2.23. The minimum atomic E-state index is -4.52. The number of piperazine rings is 1. The van der Waals surface area contributed by atoms with Crippen LogP contribution in [-0.4, -0.2) is 69.0 Å². The van der Waals surface area contributed by atoms with E-state index in [-0.39, 0.29) is 22.9 Å². The first-order chi connectivity index (χ1) is 12.0. The first kappa shape index (κ1) is 20.2. The van der Waals surface area contributed by atoms with Gasteiger partial charge in [0.05, 0.1) is 11.4 Å². The van der Waals surface area contributed by atoms with Crippen LogP contribution in [0, 0.1) is 0 Å². The topological polar surface area (TPSA) is 138 Å². The van der Waals surface area contributed by atoms with Gasteiger partial charge in [0, 0.05) is 43.4 Å². The fourth-order valence-corrected chi connectivity index (χ4v) is 3.61. The molecule has 0 spiro atoms. The van der Waals surface area contributed by atoms with Crippen LogP contribution in [0.3, 0.4) is 0 Å². The van der Waals surface area contributed by atoms with E-state index in [1.807, 2.05) is 0 Å². The highest BCUT2D eigenvalue weighted by molar-refractivity contribution is 7.94. The van der Waals surface area contributed by atoms with Crippen molar-refractivity contribution in [3.63, 3.8) is 0 Å². The molecule has 0 atom stereocenters. The van der Waals surface area contributed by atoms with Crippen LogP contribution in [0.1, 0.15) is 17.3 Å². The maximum atomic E-state index is 12.5. The second-order valence-electron chi connectivity index (χ2n) is 5.79. The smallest absolute Gasteiger partial charge is 0.296 e. The molecule has 2 rings (SSSR count). The number of carbonyl (C=O) groups excluding carboxylic acids is 1. The lowest BCUT2D eigenvalue weighted by atomic mass is 10.1. The molecule has 26 heavy (non-hydrogen) atoms. The van der Waals surface area contributed by atoms with Crippen molar-refractivity contribution in [1.29, 1.82) is 0 Å². The summed E-state index contributed by atoms with van der Waals surface area (Å²) in [5.74, 6) is -0.366. The van der Waals surface area contributed by atoms with Crippen molar-refractivity contribution in [2.24, 2.45) is 0 Å². The second kappa shape index (κ2) is 7.64. The predicted molar refractivity (Wildman–Crippen MR) is 96.7 cm³/mol. The van der Waals surface area contributed by atoms with Crippen LogP contribution in [0.25, 0.3) is 0 Å². The van der Waals surface area contributed by atoms with Crippen LogP contribution in [-0.2, 0) is 20.0 Å². The van der Waals surface area contributed by atoms with Crippen molar-refractivity contribution in [2.45, 2.75) is 11.8 Å². The molecule has 0 bridgehead atoms. The molecule has 0 aliphatic carbocycles. The van der Waals surface area contributed by atoms with E-state index in [0.29, 0.717) is 26.2 Å². The minimum Gasteiger partial charge on any atom is -0.398 e. The third kappa shape index (κ3) is 4.96. The molecule has 0 unspecified atom stereocenters. The Kier molecular flexibility index (Phi) is 5.94. The molecule has 9 nitrogen and oxygen atoms in total. The summed E-state index contributed by atoms with van der Waals surface area (Å²) in [7, 11) is -7.73. The SMILES string of the molecule is CCS(=O)(=O)C=CN1CCN(C(=O)c2ccc(N)c(S(=O)(=O)O)c2)CC1. The minimum absolute atomic E-state index is 0.0230. The molecule has 1 aliphatic rings. The number of nitrogens with zero attached hydrogens (tertiary/aromatic N) is 2. The monoisotopic (exact) mass is 403 g/mol. The van der Waals surface area contributed by atoms with Gasteiger partial charge in [-0.1, -0.05) is 6.92 Å². The summed E-state index contributed by atoms with van der Waals surface area (Å²) in [4.78, 5) is 15.4. The van der Waals surface area contributed by atoms with E-state index in [4.69, 9.17) is 5.73 Å². The number of anilines is 1. The van der Waals surface area contributed by atoms with Gasteiger partial charge in [-0.3, -0.25) is 9.35 Å². The van der Waals surface area contributed by atoms with Gasteiger partial charge in [0.25, 0.3) is 16.0 Å². The van der Waals surface area contributed by atoms with Gasteiger partial charge in [-0.05, 0) is 18.2 Å². The Bertz CT molecular complexity index is 917. The van der Waals surface area contributed by atoms with Crippen LogP contribution < -0.4 is 5.73 Å². The lowest BCUT2D eigenvalue weighted by molar-refractivity contribution is 0.0679. The fourth-order valence-electron chi connectivity index (χ4n) is 2.42. The maximum Gasteiger partial charge on any atom is 0.296 e. The third-order valence-corrected chi connectivity index (χ3v) is 6.27. The summed E-state index contributed by atoms with van der Waals surface area (Å²) in [5.41, 5.74) is 5.48. The molecule has 0 saturated carbocycles. The van der Waals surface area contributed by atoms with E-state index >= 15 is 0 Å². The number of rotatable bonds is 5. The first-order valence-electron chi connectivity index (χ1n) is 7.85. The molecule has 3 N–H and O–H groups in total. The maximum absolute atomic E-state index is 12.5. The first-order valence-corrected chi connectivity index (χ1v) is 11.0. The van der Waals surface area contributed by atoms with Crippen LogP contribution >= 0.6 is 0 Å². The molecule has 1 aliphatic heterocycles. The quantitative estimate of drug-likeness (QED) is 0.524. The van der Waals surface area contributed by atoms with Gasteiger partial charge < -0.3 is 15.5 Å². The van der Waals surface area contributed by atoms with E-state index < -0.39 is 24.9 Å². The van der Waals surface area contributed by atoms with Crippen molar-refractivity contribution in [1.82, 2.24) is 9.80 Å². The molecule has 0 aromatic heterocycles. The summed E-state index contributed by atoms with van der Waals surface area (Å²) in [6.45, 7) is 3.15. The molecule has 144 valence electrons. The van der Waals surface area contributed by atoms with Gasteiger partial charge in [-0.25, -0.2) is 8.42 Å². The Hall–Kier alpha value is -2.11. The van der Waals surface area contributed by atoms with Gasteiger partial charge in [-0.2, -0.15) is 8.42 Å². The number of benzene rings is 1. The van der Waals surface area contributed by atoms with Crippen molar-refractivity contribution < 1.29 is 26.2 Å². The summed E-state index contributed by atoms with van der Waals surface area (Å²) >= 11 is 0. The third-order valence-electron chi connectivity index (χ3n) is 4.02. The van der Waals surface area contributed by atoms with E-state index in [1.165, 1.54) is 23.2 Å². The van der Waals surface area contributed by atoms with Crippen molar-refractivity contribution in [2.75, 3.05) is 37.7 Å². The Morgan fingerprint density at radius 1 is 1.19 bits per heavy atom. The summed E-state index contributed by atoms with van der Waals surface area (Å²) in [6, 6.07) is 3.70. The normalized spacial score (nSPS) is 16.2. The average Bonchev–Trinajstić information content (AvgIpc) is 2.59. The van der Waals surface area contributed by atoms with Gasteiger partial charge in [0.1, 0.15) is 4.90 Å². The van der Waals surface area contributed by atoms with E-state index in [2.05, 4.69) is 0 Å². The van der Waals surface area contributed by atoms with Gasteiger partial charge >= 0.3 is 0 Å². The average molecular weight is 403 g/mol. The zero-order valence-electron chi connectivity index (χ0n) is 14.2. The van der Waals surface area contributed by atoms with E-state index in [9.17, 15) is 26.2 Å². The molecule has 1 aromatic rings. The predicted octanol–water partition coefficient (Wildman–Crippen LogP) is 0.179. The van der Waals surface area contributed by atoms with Crippen molar-refractivity contribution in [3.05, 3.63) is 35.4 Å². The lowest BCUT2D eigenvalue weighted by Gasteiger charge is -2.34. The number of nitrogens with two attached hydrogens (primary N) is 1. The number of nitrogen functional groups attached to an aromatic ring is 1. The van der Waals surface area contributed by atoms with Crippen LogP contribution in [0.2, 0.25) is 0 Å². The molecule has 1 saturated heterocycles. The van der Waals surface area contributed by atoms with Gasteiger partial charge in [0.15, 0.2) is 9.84 Å². The Morgan fingerprint density at radius 3 is 2.35 bits per heavy atom. The standard InChI is InChI=1S/C15H21N3O6S2/c1-2-25(20,21)10-9-17-5-7-18(8-6-17)15(19)12-3-4-13(16)14(11-12)26(22,23)24/h3-4,9-11H,2,5-8,16H2,1H3,(H,22,23,24). The number of hydrogen-bond acceptors (Lipinski definition) is 7. The van der Waals surface area contributed by atoms with Crippen molar-refractivity contribution in [3.8, 4) is 0 Å². The molecule has 1 fully saturated rings. The van der Waals surface area contributed by atoms with Gasteiger partial charge in [0.2, 0.25) is 0 Å². The molecule has 1 amide bonds. The second-order valence-corrected chi connectivity index (χ2v) is 9.36. The van der Waals surface area contributed by atoms with Crippen LogP contribution in [0.4, 0.5) is 5.69 Å². The van der Waals surface area contributed by atoms with E-state index in [1.54, 1.807) is 11.8 Å². The van der Waals surface area contributed by atoms with Crippen molar-refractivity contribution >= 4 is 31.5 Å². The summed E-state index contributed by atoms with van der Waals surface area (Å²) < 4.78 is 54.8. The number of carbonyl (C=O) groups is 1. The number of sulfone groups is 1. The molecular formula is C15H21N3O6S2. The zero-order chi connectivity index (χ0) is 19.5. The Labute approximate surface area is 152 Å². The Balaban J connectivity index is 2.07. The largest absolute Gasteiger partial charge is 0.398 e. The van der Waals surface area contributed by atoms with Gasteiger partial charge in [-0.15, -0.1) is 0 Å². The van der Waals surface area contributed by atoms with Crippen LogP contribution in [0.5, 0.6) is 0 Å². The number of hydrogen-bond donors (Lipinski definition) is 2. The Morgan fingerprint density at radius 2 is 1.81 bits per heavy atom. The summed E-state index contributed by atoms with van der Waals surface area (Å²) in [5, 5.41) is 1.16. The molecule has 11 heteroatoms. The van der Waals surface area contributed by atoms with Crippen LogP contribution in [0.15, 0.2) is 34.7 Å². The highest BCUT2D eigenvalue weighted by Crippen LogP contribution is 2.21. The lowest BCUT2D eigenvalue weighted by Crippen LogP contribution is -2.46. The molecule has 1 heterocycles. The number of amides is 1. The summed E-state index contributed by atoms with van der Waals surface area (Å²) in [6.07, 6.45) is 1.50. The fraction of sp³-hybridized carbons (Fsp3) is 0.400.